The van der Waals surface area contributed by atoms with Crippen LogP contribution in [0.1, 0.15) is 41.5 Å². The van der Waals surface area contributed by atoms with Crippen LogP contribution in [-0.2, 0) is 0 Å². The second kappa shape index (κ2) is 5.78. The smallest absolute Gasteiger partial charge is 0.220 e. The van der Waals surface area contributed by atoms with Crippen LogP contribution < -0.4 is 0 Å². The third kappa shape index (κ3) is 5.00. The molecule has 0 saturated heterocycles. The van der Waals surface area contributed by atoms with Crippen molar-refractivity contribution in [2.75, 3.05) is 7.05 Å². The highest BCUT2D eigenvalue weighted by molar-refractivity contribution is 5.94. The Kier molecular flexibility index (Phi) is 5.43. The maximum Gasteiger partial charge on any atom is 0.220 e. The van der Waals surface area contributed by atoms with Gasteiger partial charge in [0.05, 0.1) is 0 Å². The van der Waals surface area contributed by atoms with Gasteiger partial charge in [-0.1, -0.05) is 0 Å². The molecule has 0 saturated carbocycles. The first-order valence-electron chi connectivity index (χ1n) is 5.17. The Bertz CT molecular complexity index is 223. The molecule has 0 spiro atoms. The van der Waals surface area contributed by atoms with Gasteiger partial charge in [0.1, 0.15) is 0 Å². The molecule has 0 rings (SSSR count). The molecule has 0 aromatic heterocycles. The van der Waals surface area contributed by atoms with E-state index >= 15 is 0 Å². The summed E-state index contributed by atoms with van der Waals surface area (Å²) in [7, 11) is 2.03. The molecular weight excluding hydrogens is 174 g/mol. The van der Waals surface area contributed by atoms with E-state index in [1.807, 2.05) is 20.9 Å². The van der Waals surface area contributed by atoms with Gasteiger partial charge in [-0.3, -0.25) is 0 Å². The van der Waals surface area contributed by atoms with Gasteiger partial charge in [0.2, 0.25) is 5.96 Å². The van der Waals surface area contributed by atoms with Crippen LogP contribution in [0.15, 0.2) is 9.98 Å². The van der Waals surface area contributed by atoms with Crippen molar-refractivity contribution < 1.29 is 0 Å². The lowest BCUT2D eigenvalue weighted by Crippen LogP contribution is -2.33. The minimum Gasteiger partial charge on any atom is -0.342 e. The number of aliphatic imine (C=N–C) groups is 2. The van der Waals surface area contributed by atoms with Gasteiger partial charge in [0.15, 0.2) is 0 Å². The van der Waals surface area contributed by atoms with Crippen LogP contribution in [0, 0.1) is 0 Å². The highest BCUT2D eigenvalue weighted by Crippen LogP contribution is 2.01. The Hall–Kier alpha value is -0.860. The van der Waals surface area contributed by atoms with Crippen molar-refractivity contribution in [1.82, 2.24) is 4.90 Å². The Morgan fingerprint density at radius 2 is 1.57 bits per heavy atom. The van der Waals surface area contributed by atoms with E-state index < -0.39 is 0 Å². The van der Waals surface area contributed by atoms with Crippen LogP contribution in [0.25, 0.3) is 0 Å². The van der Waals surface area contributed by atoms with Crippen molar-refractivity contribution in [1.29, 1.82) is 0 Å². The Morgan fingerprint density at radius 1 is 1.07 bits per heavy atom. The van der Waals surface area contributed by atoms with E-state index in [9.17, 15) is 0 Å². The summed E-state index contributed by atoms with van der Waals surface area (Å²) in [6.45, 7) is 12.4. The molecule has 0 aromatic rings. The summed E-state index contributed by atoms with van der Waals surface area (Å²) in [6, 6.07) is 0.713. The van der Waals surface area contributed by atoms with Crippen molar-refractivity contribution in [3.63, 3.8) is 0 Å². The topological polar surface area (TPSA) is 28.0 Å². The zero-order valence-corrected chi connectivity index (χ0v) is 10.5. The number of hydrogen-bond donors (Lipinski definition) is 0. The molecule has 0 atom stereocenters. The van der Waals surface area contributed by atoms with E-state index in [1.54, 1.807) is 0 Å². The summed E-state index contributed by atoms with van der Waals surface area (Å²) in [6.07, 6.45) is 0. The van der Waals surface area contributed by atoms with Crippen LogP contribution in [0.5, 0.6) is 0 Å². The predicted molar refractivity (Wildman–Crippen MR) is 64.3 cm³/mol. The lowest BCUT2D eigenvalue weighted by molar-refractivity contribution is 0.410. The average molecular weight is 197 g/mol. The average Bonchev–Trinajstić information content (AvgIpc) is 1.99. The number of nitrogens with zero attached hydrogens (tertiary/aromatic N) is 3. The molecule has 0 aliphatic carbocycles. The fourth-order valence-electron chi connectivity index (χ4n) is 0.861. The fraction of sp³-hybridized carbons (Fsp3) is 0.818. The number of hydrogen-bond acceptors (Lipinski definition) is 1. The molecule has 82 valence electrons. The molecule has 0 bridgehead atoms. The van der Waals surface area contributed by atoms with Crippen molar-refractivity contribution in [2.24, 2.45) is 9.98 Å². The van der Waals surface area contributed by atoms with E-state index in [4.69, 9.17) is 0 Å². The van der Waals surface area contributed by atoms with Gasteiger partial charge in [-0.25, -0.2) is 9.98 Å². The summed E-state index contributed by atoms with van der Waals surface area (Å²) < 4.78 is 0. The van der Waals surface area contributed by atoms with Crippen molar-refractivity contribution in [2.45, 2.75) is 53.6 Å². The fourth-order valence-corrected chi connectivity index (χ4v) is 0.861. The van der Waals surface area contributed by atoms with Crippen LogP contribution >= 0.6 is 0 Å². The third-order valence-corrected chi connectivity index (χ3v) is 1.79. The van der Waals surface area contributed by atoms with Gasteiger partial charge in [0.25, 0.3) is 0 Å². The quantitative estimate of drug-likeness (QED) is 0.494. The molecule has 0 amide bonds. The maximum atomic E-state index is 4.49. The zero-order valence-electron chi connectivity index (χ0n) is 10.5. The molecule has 0 unspecified atom stereocenters. The first-order chi connectivity index (χ1) is 6.34. The third-order valence-electron chi connectivity index (χ3n) is 1.79. The van der Waals surface area contributed by atoms with E-state index in [0.717, 1.165) is 11.7 Å². The summed E-state index contributed by atoms with van der Waals surface area (Å²) in [4.78, 5) is 11.0. The summed E-state index contributed by atoms with van der Waals surface area (Å²) >= 11 is 0. The first kappa shape index (κ1) is 13.1. The van der Waals surface area contributed by atoms with E-state index in [0.29, 0.717) is 6.04 Å². The zero-order chi connectivity index (χ0) is 11.3. The molecule has 0 fully saturated rings. The molecular formula is C11H23N3. The standard InChI is InChI=1S/C11H23N3/c1-8(2)12-11(13-9(3)4)14(7)10(5)6/h8,10H,1-7H3. The summed E-state index contributed by atoms with van der Waals surface area (Å²) in [5.41, 5.74) is 1.04. The molecule has 3 heteroatoms. The van der Waals surface area contributed by atoms with Crippen molar-refractivity contribution in [3.8, 4) is 0 Å². The van der Waals surface area contributed by atoms with E-state index in [2.05, 4.69) is 42.6 Å². The van der Waals surface area contributed by atoms with Gasteiger partial charge in [-0.05, 0) is 41.5 Å². The lowest BCUT2D eigenvalue weighted by atomic mass is 10.3. The second-order valence-corrected chi connectivity index (χ2v) is 4.29. The van der Waals surface area contributed by atoms with Gasteiger partial charge in [0, 0.05) is 24.8 Å². The molecule has 0 radical (unpaired) electrons. The molecule has 0 N–H and O–H groups in total. The Balaban J connectivity index is 4.82. The minimum absolute atomic E-state index is 0.286. The van der Waals surface area contributed by atoms with Gasteiger partial charge in [-0.2, -0.15) is 0 Å². The normalized spacial score (nSPS) is 12.2. The number of rotatable bonds is 2. The summed E-state index contributed by atoms with van der Waals surface area (Å²) in [5.74, 6) is 0.829. The van der Waals surface area contributed by atoms with Gasteiger partial charge >= 0.3 is 0 Å². The van der Waals surface area contributed by atoms with Crippen molar-refractivity contribution in [3.05, 3.63) is 0 Å². The van der Waals surface area contributed by atoms with Crippen LogP contribution in [-0.4, -0.2) is 35.7 Å². The van der Waals surface area contributed by atoms with Crippen LogP contribution in [0.2, 0.25) is 0 Å². The van der Waals surface area contributed by atoms with Crippen LogP contribution in [0.4, 0.5) is 0 Å². The predicted octanol–water partition coefficient (Wildman–Crippen LogP) is 2.57. The molecule has 0 heterocycles. The van der Waals surface area contributed by atoms with Gasteiger partial charge < -0.3 is 4.90 Å². The summed E-state index contributed by atoms with van der Waals surface area (Å²) in [5, 5.41) is 0. The second-order valence-electron chi connectivity index (χ2n) is 4.29. The molecule has 0 aliphatic rings. The Labute approximate surface area is 87.9 Å². The SMILES string of the molecule is CC(C)=NC(=NC(C)C)N(C)C(C)C. The molecule has 14 heavy (non-hydrogen) atoms. The first-order valence-corrected chi connectivity index (χ1v) is 5.17. The van der Waals surface area contributed by atoms with E-state index in [1.165, 1.54) is 0 Å². The molecule has 3 nitrogen and oxygen atoms in total. The minimum atomic E-state index is 0.286. The molecule has 0 aliphatic heterocycles. The van der Waals surface area contributed by atoms with Crippen LogP contribution in [0.3, 0.4) is 0 Å². The van der Waals surface area contributed by atoms with E-state index in [-0.39, 0.29) is 6.04 Å². The largest absolute Gasteiger partial charge is 0.342 e. The van der Waals surface area contributed by atoms with Crippen molar-refractivity contribution >= 4 is 11.7 Å². The lowest BCUT2D eigenvalue weighted by Gasteiger charge is -2.23. The number of guanidine groups is 1. The highest BCUT2D eigenvalue weighted by Gasteiger charge is 2.09. The maximum absolute atomic E-state index is 4.49. The molecule has 0 aromatic carbocycles. The monoisotopic (exact) mass is 197 g/mol. The van der Waals surface area contributed by atoms with Gasteiger partial charge in [-0.15, -0.1) is 0 Å². The Morgan fingerprint density at radius 3 is 1.86 bits per heavy atom. The highest BCUT2D eigenvalue weighted by atomic mass is 15.3.